The summed E-state index contributed by atoms with van der Waals surface area (Å²) in [5, 5.41) is 0. The van der Waals surface area contributed by atoms with Crippen molar-refractivity contribution in [3.8, 4) is 0 Å². The van der Waals surface area contributed by atoms with Gasteiger partial charge in [0.25, 0.3) is 0 Å². The minimum absolute atomic E-state index is 0. The van der Waals surface area contributed by atoms with Gasteiger partial charge in [0.2, 0.25) is 0 Å². The fourth-order valence-electron chi connectivity index (χ4n) is 1.69. The Balaban J connectivity index is 0. The maximum absolute atomic E-state index is 2.36. The molecule has 4 heteroatoms. The van der Waals surface area contributed by atoms with Crippen LogP contribution in [0.3, 0.4) is 0 Å². The number of fused-ring (bicyclic) bond motifs is 1. The first-order valence-corrected chi connectivity index (χ1v) is 9.99. The minimum Gasteiger partial charge on any atom is -1.00 e. The van der Waals surface area contributed by atoms with Crippen molar-refractivity contribution >= 4 is 15.6 Å². The van der Waals surface area contributed by atoms with Crippen molar-refractivity contribution in [2.45, 2.75) is 30.1 Å². The van der Waals surface area contributed by atoms with Crippen molar-refractivity contribution in [1.82, 2.24) is 0 Å². The first-order valence-electron chi connectivity index (χ1n) is 5.75. The van der Waals surface area contributed by atoms with Crippen LogP contribution in [0.5, 0.6) is 0 Å². The van der Waals surface area contributed by atoms with Crippen molar-refractivity contribution in [2.24, 2.45) is 0 Å². The smallest absolute Gasteiger partial charge is 0.0135 e. The van der Waals surface area contributed by atoms with Crippen LogP contribution in [0.4, 0.5) is 0 Å². The Bertz CT molecular complexity index is 353. The van der Waals surface area contributed by atoms with Gasteiger partial charge >= 0.3 is 88.7 Å². The van der Waals surface area contributed by atoms with Crippen molar-refractivity contribution in [1.29, 1.82) is 0 Å². The topological polar surface area (TPSA) is 0 Å². The molecular weight excluding hydrogens is 346 g/mol. The number of benzene rings is 1. The monoisotopic (exact) mass is 363 g/mol. The van der Waals surface area contributed by atoms with Crippen molar-refractivity contribution in [3.05, 3.63) is 41.0 Å². The fourth-order valence-corrected chi connectivity index (χ4v) is 3.05. The standard InChI is InChI=1S/C11H11.C2H8Si.2ClH.Zr/c1-2-9-7-10-5-3-4-6-11(10)8-9;1-3-2;;;/h3-8H,2H2,1H3;3H2,1-2H3;2*1H;/q;;;;+2/p-2. The van der Waals surface area contributed by atoms with Crippen LogP contribution in [0.1, 0.15) is 28.1 Å². The number of hydrogen-bond acceptors (Lipinski definition) is 0. The molecule has 0 amide bonds. The van der Waals surface area contributed by atoms with Gasteiger partial charge in [0, 0.05) is 9.52 Å². The molecule has 1 aliphatic carbocycles. The summed E-state index contributed by atoms with van der Waals surface area (Å²) in [7, 11) is 0.417. The van der Waals surface area contributed by atoms with Crippen molar-refractivity contribution in [3.63, 3.8) is 0 Å². The molecule has 1 aromatic carbocycles. The van der Waals surface area contributed by atoms with E-state index < -0.39 is 0 Å². The summed E-state index contributed by atoms with van der Waals surface area (Å²) >= 11 is 1.62. The van der Waals surface area contributed by atoms with Gasteiger partial charge in [-0.3, -0.25) is 0 Å². The van der Waals surface area contributed by atoms with E-state index in [2.05, 4.69) is 50.4 Å². The Morgan fingerprint density at radius 2 is 1.71 bits per heavy atom. The quantitative estimate of drug-likeness (QED) is 0.477. The summed E-state index contributed by atoms with van der Waals surface area (Å²) < 4.78 is 0.735. The molecule has 1 atom stereocenters. The average molecular weight is 366 g/mol. The molecule has 1 unspecified atom stereocenters. The Morgan fingerprint density at radius 1 is 1.18 bits per heavy atom. The van der Waals surface area contributed by atoms with Gasteiger partial charge in [0.1, 0.15) is 0 Å². The van der Waals surface area contributed by atoms with Crippen LogP contribution < -0.4 is 24.8 Å². The van der Waals surface area contributed by atoms with E-state index in [1.807, 2.05) is 0 Å². The van der Waals surface area contributed by atoms with E-state index in [9.17, 15) is 0 Å². The summed E-state index contributed by atoms with van der Waals surface area (Å²) in [4.78, 5) is 0. The second-order valence-corrected chi connectivity index (χ2v) is 6.68. The largest absolute Gasteiger partial charge is 1.00 e. The van der Waals surface area contributed by atoms with Crippen LogP contribution in [-0.2, 0) is 24.7 Å². The van der Waals surface area contributed by atoms with Gasteiger partial charge in [-0.15, -0.1) is 0 Å². The molecule has 0 nitrogen and oxygen atoms in total. The maximum Gasteiger partial charge on any atom is 0.0135 e. The van der Waals surface area contributed by atoms with E-state index in [-0.39, 0.29) is 24.8 Å². The molecule has 0 heterocycles. The van der Waals surface area contributed by atoms with Crippen molar-refractivity contribution in [2.75, 3.05) is 0 Å². The molecule has 1 aromatic rings. The summed E-state index contributed by atoms with van der Waals surface area (Å²) in [5.41, 5.74) is 4.58. The first kappa shape index (κ1) is 20.0. The average Bonchev–Trinajstić information content (AvgIpc) is 2.57. The molecule has 0 saturated carbocycles. The molecule has 0 N–H and O–H groups in total. The maximum atomic E-state index is 2.36. The molecule has 0 saturated heterocycles. The van der Waals surface area contributed by atoms with Gasteiger partial charge in [-0.1, -0.05) is 13.1 Å². The summed E-state index contributed by atoms with van der Waals surface area (Å²) in [5.74, 6) is 0. The number of rotatable bonds is 1. The Morgan fingerprint density at radius 3 is 2.18 bits per heavy atom. The number of hydrogen-bond donors (Lipinski definition) is 0. The number of allylic oxidation sites excluding steroid dienone is 1. The molecule has 0 spiro atoms. The Hall–Kier alpha value is 0.640. The zero-order chi connectivity index (χ0) is 11.3. The molecule has 17 heavy (non-hydrogen) atoms. The molecule has 0 aliphatic heterocycles. The fraction of sp³-hybridized carbons (Fsp3) is 0.385. The second kappa shape index (κ2) is 10.6. The predicted molar refractivity (Wildman–Crippen MR) is 67.7 cm³/mol. The molecule has 0 aromatic heterocycles. The van der Waals surface area contributed by atoms with E-state index in [1.165, 1.54) is 17.5 Å². The zero-order valence-corrected chi connectivity index (χ0v) is 16.0. The third-order valence-corrected chi connectivity index (χ3v) is 4.10. The molecule has 0 bridgehead atoms. The van der Waals surface area contributed by atoms with Crippen molar-refractivity contribution < 1.29 is 49.5 Å². The van der Waals surface area contributed by atoms with Crippen LogP contribution in [-0.4, -0.2) is 9.52 Å². The van der Waals surface area contributed by atoms with E-state index in [4.69, 9.17) is 0 Å². The Kier molecular flexibility index (Phi) is 12.4. The van der Waals surface area contributed by atoms with E-state index in [1.54, 1.807) is 30.3 Å². The third kappa shape index (κ3) is 5.42. The predicted octanol–water partition coefficient (Wildman–Crippen LogP) is -2.66. The second-order valence-electron chi connectivity index (χ2n) is 3.84. The van der Waals surface area contributed by atoms with Gasteiger partial charge in [-0.25, -0.2) is 0 Å². The minimum atomic E-state index is 0. The summed E-state index contributed by atoms with van der Waals surface area (Å²) in [6.45, 7) is 6.77. The molecular formula is C13H19Cl2SiZr. The van der Waals surface area contributed by atoms with Gasteiger partial charge in [-0.05, 0) is 0 Å². The summed E-state index contributed by atoms with van der Waals surface area (Å²) in [6, 6.07) is 8.74. The molecule has 0 radical (unpaired) electrons. The van der Waals surface area contributed by atoms with Gasteiger partial charge in [0.05, 0.1) is 0 Å². The van der Waals surface area contributed by atoms with Gasteiger partial charge < -0.3 is 24.8 Å². The van der Waals surface area contributed by atoms with Crippen LogP contribution in [0.15, 0.2) is 29.8 Å². The normalized spacial score (nSPS) is 15.6. The van der Waals surface area contributed by atoms with E-state index >= 15 is 0 Å². The SMILES string of the molecule is CCC1=Cc2ccccc2[CH]1[Zr+2].C[SiH2]C.[Cl-].[Cl-]. The first-order chi connectivity index (χ1) is 7.24. The molecule has 1 aliphatic rings. The van der Waals surface area contributed by atoms with E-state index in [0.29, 0.717) is 9.52 Å². The summed E-state index contributed by atoms with van der Waals surface area (Å²) in [6.07, 6.45) is 3.55. The van der Waals surface area contributed by atoms with Crippen LogP contribution in [0.2, 0.25) is 13.1 Å². The zero-order valence-electron chi connectivity index (χ0n) is 10.6. The molecule has 93 valence electrons. The van der Waals surface area contributed by atoms with Gasteiger partial charge in [0.15, 0.2) is 0 Å². The van der Waals surface area contributed by atoms with E-state index in [0.717, 1.165) is 3.63 Å². The van der Waals surface area contributed by atoms with Gasteiger partial charge in [-0.2, -0.15) is 0 Å². The third-order valence-electron chi connectivity index (χ3n) is 2.43. The molecule has 0 fully saturated rings. The van der Waals surface area contributed by atoms with Crippen LogP contribution in [0.25, 0.3) is 6.08 Å². The van der Waals surface area contributed by atoms with Crippen LogP contribution >= 0.6 is 0 Å². The van der Waals surface area contributed by atoms with Crippen LogP contribution in [0, 0.1) is 0 Å². The number of halogens is 2. The Labute approximate surface area is 135 Å². The molecule has 2 rings (SSSR count).